The number of rotatable bonds is 11. The summed E-state index contributed by atoms with van der Waals surface area (Å²) >= 11 is 0. The predicted octanol–water partition coefficient (Wildman–Crippen LogP) is 8.95. The fourth-order valence-corrected chi connectivity index (χ4v) is 54.3. The summed E-state index contributed by atoms with van der Waals surface area (Å²) in [5.74, 6) is 0. The summed E-state index contributed by atoms with van der Waals surface area (Å²) in [4.78, 5) is 0. The normalized spacial score (nSPS) is 45.8. The Morgan fingerprint density at radius 3 is 0.273 bits per heavy atom. The highest BCUT2D eigenvalue weighted by atomic mass is 28.5. The van der Waals surface area contributed by atoms with Crippen molar-refractivity contribution in [3.05, 3.63) is 135 Å². The van der Waals surface area contributed by atoms with Gasteiger partial charge in [0.1, 0.15) is 0 Å². The molecule has 2 fully saturated rings. The fourth-order valence-electron chi connectivity index (χ4n) is 5.57. The third-order valence-electron chi connectivity index (χ3n) is 8.54. The summed E-state index contributed by atoms with van der Waals surface area (Å²) in [6.45, 7) is 64.5. The van der Waals surface area contributed by atoms with Crippen molar-refractivity contribution >= 4 is 94.2 Å². The summed E-state index contributed by atoms with van der Waals surface area (Å²) in [5, 5.41) is 0. The van der Waals surface area contributed by atoms with Crippen molar-refractivity contribution in [2.45, 2.75) is 72.0 Å². The van der Waals surface area contributed by atoms with Crippen LogP contribution in [0.5, 0.6) is 0 Å². The van der Waals surface area contributed by atoms with E-state index in [2.05, 4.69) is 72.4 Å². The van der Waals surface area contributed by atoms with E-state index >= 15 is 0 Å². The van der Waals surface area contributed by atoms with Gasteiger partial charge in [-0.1, -0.05) is 62.7 Å². The third-order valence-corrected chi connectivity index (χ3v) is 52.4. The van der Waals surface area contributed by atoms with Gasteiger partial charge in [-0.15, -0.1) is 72.4 Å². The second-order valence-electron chi connectivity index (χ2n) is 14.5. The van der Waals surface area contributed by atoms with E-state index in [0.717, 1.165) is 0 Å². The molecule has 0 N–H and O–H groups in total. The molecule has 22 heteroatoms. The zero-order valence-electron chi connectivity index (χ0n) is 35.1. The Morgan fingerprint density at radius 1 is 0.182 bits per heavy atom. The van der Waals surface area contributed by atoms with Gasteiger partial charge >= 0.3 is 94.2 Å². The lowest BCUT2D eigenvalue weighted by Gasteiger charge is -2.46. The standard InChI is InChI=1S/C18H36O6Si6.C15H30O5Si5/c1-13-25(7)19-26(8,14-2)21-28(10,16-4)23-30(12,18-6)24-29(11,17-5)22-27(9,15-3)20-25;1-11-21(6)16-22(7,12-2)18-24(9,14-4)20-25(10,15-5)19-23(8,13-3)17-21/h13-18H,1-6H2,7-12H3;11-15H,1-5H2,6-10H3. The van der Waals surface area contributed by atoms with Gasteiger partial charge in [0.2, 0.25) is 0 Å². The van der Waals surface area contributed by atoms with E-state index in [1.54, 1.807) is 62.7 Å². The van der Waals surface area contributed by atoms with Crippen LogP contribution < -0.4 is 0 Å². The minimum atomic E-state index is -2.94. The quantitative estimate of drug-likeness (QED) is 0.186. The van der Waals surface area contributed by atoms with Gasteiger partial charge in [-0.2, -0.15) is 0 Å². The third kappa shape index (κ3) is 14.4. The molecule has 11 nitrogen and oxygen atoms in total. The molecule has 2 saturated heterocycles. The first kappa shape index (κ1) is 52.1. The van der Waals surface area contributed by atoms with E-state index in [1.807, 2.05) is 72.0 Å². The van der Waals surface area contributed by atoms with Gasteiger partial charge in [-0.05, 0) is 72.0 Å². The molecule has 0 amide bonds. The van der Waals surface area contributed by atoms with Crippen LogP contribution in [0.1, 0.15) is 0 Å². The van der Waals surface area contributed by atoms with Crippen LogP contribution in [-0.4, -0.2) is 94.2 Å². The van der Waals surface area contributed by atoms with Crippen LogP contribution in [0.3, 0.4) is 0 Å². The smallest absolute Gasteiger partial charge is 0.344 e. The van der Waals surface area contributed by atoms with Crippen molar-refractivity contribution in [3.8, 4) is 0 Å². The summed E-state index contributed by atoms with van der Waals surface area (Å²) in [6, 6.07) is 0. The minimum absolute atomic E-state index is 1.72. The molecule has 0 unspecified atom stereocenters. The van der Waals surface area contributed by atoms with Crippen LogP contribution in [0.2, 0.25) is 72.0 Å². The predicted molar refractivity (Wildman–Crippen MR) is 252 cm³/mol. The Kier molecular flexibility index (Phi) is 18.0. The molecule has 2 rings (SSSR count). The van der Waals surface area contributed by atoms with E-state index in [0.29, 0.717) is 0 Å². The summed E-state index contributed by atoms with van der Waals surface area (Å²) in [6.07, 6.45) is 0. The van der Waals surface area contributed by atoms with E-state index in [1.165, 1.54) is 0 Å². The van der Waals surface area contributed by atoms with Crippen LogP contribution in [-0.2, 0) is 45.3 Å². The van der Waals surface area contributed by atoms with Crippen molar-refractivity contribution < 1.29 is 45.3 Å². The first-order valence-electron chi connectivity index (χ1n) is 17.7. The molecule has 2 aliphatic heterocycles. The zero-order valence-corrected chi connectivity index (χ0v) is 46.1. The van der Waals surface area contributed by atoms with Gasteiger partial charge in [-0.3, -0.25) is 0 Å². The molecule has 0 aromatic carbocycles. The van der Waals surface area contributed by atoms with E-state index in [4.69, 9.17) is 45.3 Å². The van der Waals surface area contributed by atoms with E-state index in [-0.39, 0.29) is 0 Å². The Bertz CT molecular complexity index is 1230. The Hall–Kier alpha value is -0.914. The molecule has 0 aromatic rings. The van der Waals surface area contributed by atoms with Crippen molar-refractivity contribution in [1.29, 1.82) is 0 Å². The Labute approximate surface area is 344 Å². The summed E-state index contributed by atoms with van der Waals surface area (Å²) in [5.41, 5.74) is 19.0. The van der Waals surface area contributed by atoms with Crippen LogP contribution in [0.25, 0.3) is 0 Å². The molecular weight excluding hydrogens is 881 g/mol. The van der Waals surface area contributed by atoms with Crippen LogP contribution in [0.4, 0.5) is 0 Å². The zero-order chi connectivity index (χ0) is 43.1. The molecule has 55 heavy (non-hydrogen) atoms. The van der Waals surface area contributed by atoms with Crippen LogP contribution in [0.15, 0.2) is 135 Å². The molecule has 0 bridgehead atoms. The van der Waals surface area contributed by atoms with Gasteiger partial charge in [0.05, 0.1) is 0 Å². The van der Waals surface area contributed by atoms with Crippen molar-refractivity contribution in [2.75, 3.05) is 0 Å². The van der Waals surface area contributed by atoms with Gasteiger partial charge < -0.3 is 45.3 Å². The highest BCUT2D eigenvalue weighted by molar-refractivity contribution is 7.00. The Morgan fingerprint density at radius 2 is 0.236 bits per heavy atom. The molecule has 308 valence electrons. The maximum atomic E-state index is 6.54. The molecule has 0 saturated carbocycles. The van der Waals surface area contributed by atoms with Crippen molar-refractivity contribution in [1.82, 2.24) is 0 Å². The average Bonchev–Trinajstić information content (AvgIpc) is 3.10. The van der Waals surface area contributed by atoms with Gasteiger partial charge in [0.15, 0.2) is 0 Å². The second-order valence-corrected chi connectivity index (χ2v) is 50.4. The molecule has 0 aliphatic carbocycles. The van der Waals surface area contributed by atoms with Crippen LogP contribution in [0, 0.1) is 0 Å². The lowest BCUT2D eigenvalue weighted by Crippen LogP contribution is -2.65. The van der Waals surface area contributed by atoms with E-state index in [9.17, 15) is 0 Å². The topological polar surface area (TPSA) is 102 Å². The molecule has 0 radical (unpaired) electrons. The molecule has 0 spiro atoms. The number of hydrogen-bond donors (Lipinski definition) is 0. The highest BCUT2D eigenvalue weighted by Gasteiger charge is 2.56. The average molecular weight is 948 g/mol. The Balaban J connectivity index is 0.000000559. The molecule has 2 heterocycles. The maximum absolute atomic E-state index is 6.54. The fraction of sp³-hybridized carbons (Fsp3) is 0.333. The maximum Gasteiger partial charge on any atom is 0.344 e. The molecular formula is C33H66O11Si11. The highest BCUT2D eigenvalue weighted by Crippen LogP contribution is 2.35. The van der Waals surface area contributed by atoms with Crippen molar-refractivity contribution in [3.63, 3.8) is 0 Å². The van der Waals surface area contributed by atoms with Gasteiger partial charge in [0, 0.05) is 0 Å². The van der Waals surface area contributed by atoms with E-state index < -0.39 is 94.2 Å². The first-order valence-corrected chi connectivity index (χ1v) is 44.0. The SMILES string of the molecule is C=C[Si]1(C)O[Si](C)(C=C)O[Si](C)(C=C)O[Si](C)(C=C)O[Si](C)(C=C)O1.C=C[Si]1(C)O[Si](C)(C=C)O[Si](C)(C=C)O[Si](C)(C=C)O[Si](C)(C=C)O[Si](C)(C=C)O1. The largest absolute Gasteiger partial charge is 0.410 e. The minimum Gasteiger partial charge on any atom is -0.410 e. The van der Waals surface area contributed by atoms with Gasteiger partial charge in [-0.25, -0.2) is 0 Å². The van der Waals surface area contributed by atoms with Gasteiger partial charge in [0.25, 0.3) is 0 Å². The summed E-state index contributed by atoms with van der Waals surface area (Å²) < 4.78 is 71.3. The molecule has 0 aromatic heterocycles. The first-order chi connectivity index (χ1) is 24.9. The van der Waals surface area contributed by atoms with Crippen LogP contribution >= 0.6 is 0 Å². The number of hydrogen-bond acceptors (Lipinski definition) is 11. The monoisotopic (exact) mass is 946 g/mol. The van der Waals surface area contributed by atoms with Crippen molar-refractivity contribution in [2.24, 2.45) is 0 Å². The summed E-state index contributed by atoms with van der Waals surface area (Å²) in [7, 11) is -31.6. The molecule has 0 atom stereocenters. The lowest BCUT2D eigenvalue weighted by molar-refractivity contribution is 0.248. The lowest BCUT2D eigenvalue weighted by atomic mass is 11.3. The second kappa shape index (κ2) is 19.0. The molecule has 2 aliphatic rings.